The summed E-state index contributed by atoms with van der Waals surface area (Å²) < 4.78 is 50.5. The lowest BCUT2D eigenvalue weighted by atomic mass is 10.0. The van der Waals surface area contributed by atoms with Crippen LogP contribution in [0.1, 0.15) is 26.6 Å². The Labute approximate surface area is 136 Å². The molecule has 0 aromatic heterocycles. The number of hydrogen-bond acceptors (Lipinski definition) is 2. The molecular formula is C19H24N2. The molecule has 21 heavy (non-hydrogen) atoms. The fourth-order valence-corrected chi connectivity index (χ4v) is 2.31. The maximum Gasteiger partial charge on any atom is 0.0434 e. The zero-order valence-corrected chi connectivity index (χ0v) is 11.9. The lowest BCUT2D eigenvalue weighted by Gasteiger charge is -2.32. The van der Waals surface area contributed by atoms with E-state index in [1.165, 1.54) is 4.90 Å². The molecule has 0 spiro atoms. The molecule has 0 saturated carbocycles. The van der Waals surface area contributed by atoms with Crippen molar-refractivity contribution < 1.29 is 8.22 Å². The SMILES string of the molecule is [2H]C1([2H])CN(C([2H])([2H])C([2H])([2H])c2ccccc2)CCC1Nc1ccccc1. The van der Waals surface area contributed by atoms with Gasteiger partial charge in [0.15, 0.2) is 0 Å². The molecule has 0 amide bonds. The molecule has 1 aliphatic rings. The van der Waals surface area contributed by atoms with Crippen LogP contribution < -0.4 is 5.32 Å². The molecule has 0 bridgehead atoms. The average Bonchev–Trinajstić information content (AvgIpc) is 2.64. The average molecular weight is 286 g/mol. The number of likely N-dealkylation sites (tertiary alicyclic amines) is 1. The molecule has 2 heteroatoms. The number of piperidine rings is 1. The molecule has 0 aliphatic carbocycles. The second-order valence-corrected chi connectivity index (χ2v) is 5.08. The summed E-state index contributed by atoms with van der Waals surface area (Å²) in [5.74, 6) is 0. The van der Waals surface area contributed by atoms with Gasteiger partial charge in [0, 0.05) is 39.5 Å². The predicted molar refractivity (Wildman–Crippen MR) is 89.7 cm³/mol. The van der Waals surface area contributed by atoms with Crippen molar-refractivity contribution >= 4 is 5.69 Å². The van der Waals surface area contributed by atoms with E-state index in [-0.39, 0.29) is 18.7 Å². The van der Waals surface area contributed by atoms with E-state index in [1.54, 1.807) is 30.3 Å². The number of rotatable bonds is 5. The summed E-state index contributed by atoms with van der Waals surface area (Å²) in [7, 11) is 0. The monoisotopic (exact) mass is 286 g/mol. The number of nitrogens with zero attached hydrogens (tertiary/aromatic N) is 1. The maximum atomic E-state index is 8.46. The molecule has 3 rings (SSSR count). The molecular weight excluding hydrogens is 256 g/mol. The van der Waals surface area contributed by atoms with E-state index in [9.17, 15) is 0 Å². The molecule has 0 radical (unpaired) electrons. The molecule has 1 aliphatic heterocycles. The van der Waals surface area contributed by atoms with E-state index in [2.05, 4.69) is 5.32 Å². The number of anilines is 1. The van der Waals surface area contributed by atoms with Crippen molar-refractivity contribution in [3.05, 3.63) is 66.2 Å². The fraction of sp³-hybridized carbons (Fsp3) is 0.368. The number of benzene rings is 2. The van der Waals surface area contributed by atoms with E-state index in [0.717, 1.165) is 5.69 Å². The third-order valence-corrected chi connectivity index (χ3v) is 3.46. The van der Waals surface area contributed by atoms with Crippen molar-refractivity contribution in [1.29, 1.82) is 0 Å². The van der Waals surface area contributed by atoms with Gasteiger partial charge >= 0.3 is 0 Å². The Morgan fingerprint density at radius 3 is 2.48 bits per heavy atom. The quantitative estimate of drug-likeness (QED) is 0.899. The van der Waals surface area contributed by atoms with Crippen molar-refractivity contribution in [1.82, 2.24) is 4.90 Å². The van der Waals surface area contributed by atoms with Gasteiger partial charge in [-0.3, -0.25) is 0 Å². The summed E-state index contributed by atoms with van der Waals surface area (Å²) in [5, 5.41) is 3.20. The van der Waals surface area contributed by atoms with Crippen molar-refractivity contribution in [2.24, 2.45) is 0 Å². The Hall–Kier alpha value is -1.80. The molecule has 1 fully saturated rings. The van der Waals surface area contributed by atoms with E-state index in [0.29, 0.717) is 6.42 Å². The molecule has 1 N–H and O–H groups in total. The first kappa shape index (κ1) is 8.60. The van der Waals surface area contributed by atoms with Crippen LogP contribution in [0, 0.1) is 0 Å². The van der Waals surface area contributed by atoms with Gasteiger partial charge in [0.05, 0.1) is 0 Å². The van der Waals surface area contributed by atoms with Gasteiger partial charge in [-0.2, -0.15) is 0 Å². The highest BCUT2D eigenvalue weighted by molar-refractivity contribution is 5.43. The zero-order valence-electron chi connectivity index (χ0n) is 17.9. The molecule has 2 aromatic rings. The zero-order chi connectivity index (χ0) is 19.7. The molecule has 1 saturated heterocycles. The molecule has 110 valence electrons. The molecule has 1 unspecified atom stereocenters. The maximum absolute atomic E-state index is 8.46. The summed E-state index contributed by atoms with van der Waals surface area (Å²) in [5.41, 5.74) is 1.07. The van der Waals surface area contributed by atoms with Crippen LogP contribution >= 0.6 is 0 Å². The van der Waals surface area contributed by atoms with Gasteiger partial charge in [-0.1, -0.05) is 48.5 Å². The van der Waals surface area contributed by atoms with E-state index in [4.69, 9.17) is 8.22 Å². The van der Waals surface area contributed by atoms with Gasteiger partial charge in [0.25, 0.3) is 0 Å². The van der Waals surface area contributed by atoms with Crippen LogP contribution in [0.2, 0.25) is 0 Å². The van der Waals surface area contributed by atoms with Crippen molar-refractivity contribution in [2.45, 2.75) is 25.2 Å². The Morgan fingerprint density at radius 2 is 1.76 bits per heavy atom. The first-order chi connectivity index (χ1) is 12.6. The standard InChI is InChI=1S/C19H24N2/c1-3-7-17(8-4-1)11-14-21-15-12-19(13-16-21)20-18-9-5-2-6-10-18/h1-10,19-20H,11-16H2/i11D2,12D2,14D2. The van der Waals surface area contributed by atoms with Crippen molar-refractivity contribution in [3.63, 3.8) is 0 Å². The van der Waals surface area contributed by atoms with Gasteiger partial charge in [-0.25, -0.2) is 0 Å². The summed E-state index contributed by atoms with van der Waals surface area (Å²) in [6.07, 6.45) is -3.58. The van der Waals surface area contributed by atoms with Crippen LogP contribution in [0.3, 0.4) is 0 Å². The van der Waals surface area contributed by atoms with Crippen molar-refractivity contribution in [3.8, 4) is 0 Å². The Morgan fingerprint density at radius 1 is 1.05 bits per heavy atom. The Kier molecular flexibility index (Phi) is 2.98. The first-order valence-corrected chi connectivity index (χ1v) is 7.27. The summed E-state index contributed by atoms with van der Waals surface area (Å²) in [4.78, 5) is 1.29. The molecule has 2 aromatic carbocycles. The van der Waals surface area contributed by atoms with Gasteiger partial charge in [0.2, 0.25) is 0 Å². The minimum atomic E-state index is -2.33. The molecule has 2 nitrogen and oxygen atoms in total. The van der Waals surface area contributed by atoms with E-state index in [1.807, 2.05) is 30.3 Å². The second-order valence-electron chi connectivity index (χ2n) is 5.08. The van der Waals surface area contributed by atoms with Gasteiger partial charge in [-0.15, -0.1) is 0 Å². The second kappa shape index (κ2) is 7.28. The lowest BCUT2D eigenvalue weighted by Crippen LogP contribution is -2.40. The normalized spacial score (nSPS) is 27.3. The number of para-hydroxylation sites is 1. The van der Waals surface area contributed by atoms with Crippen LogP contribution in [0.5, 0.6) is 0 Å². The Balaban J connectivity index is 1.77. The topological polar surface area (TPSA) is 15.3 Å². The highest BCUT2D eigenvalue weighted by atomic mass is 15.1. The third kappa shape index (κ3) is 4.33. The van der Waals surface area contributed by atoms with E-state index >= 15 is 0 Å². The van der Waals surface area contributed by atoms with Gasteiger partial charge in [-0.05, 0) is 36.9 Å². The van der Waals surface area contributed by atoms with Crippen molar-refractivity contribution in [2.75, 3.05) is 24.9 Å². The van der Waals surface area contributed by atoms with Crippen LogP contribution in [0.4, 0.5) is 5.69 Å². The summed E-state index contributed by atoms with van der Waals surface area (Å²) in [6.45, 7) is -2.25. The highest BCUT2D eigenvalue weighted by Crippen LogP contribution is 2.16. The minimum absolute atomic E-state index is 0.184. The smallest absolute Gasteiger partial charge is 0.0434 e. The molecule has 1 heterocycles. The largest absolute Gasteiger partial charge is 0.382 e. The highest BCUT2D eigenvalue weighted by Gasteiger charge is 2.18. The molecule has 1 atom stereocenters. The first-order valence-electron chi connectivity index (χ1n) is 10.3. The number of aryl methyl sites for hydroxylation is 1. The lowest BCUT2D eigenvalue weighted by molar-refractivity contribution is 0.221. The van der Waals surface area contributed by atoms with Crippen LogP contribution in [0.15, 0.2) is 60.7 Å². The summed E-state index contributed by atoms with van der Waals surface area (Å²) in [6, 6.07) is 17.2. The van der Waals surface area contributed by atoms with E-state index < -0.39 is 25.3 Å². The summed E-state index contributed by atoms with van der Waals surface area (Å²) >= 11 is 0. The van der Waals surface area contributed by atoms with Gasteiger partial charge in [0.1, 0.15) is 0 Å². The number of hydrogen-bond donors (Lipinski definition) is 1. The third-order valence-electron chi connectivity index (χ3n) is 3.46. The van der Waals surface area contributed by atoms with Crippen LogP contribution in [-0.2, 0) is 6.37 Å². The van der Waals surface area contributed by atoms with Crippen LogP contribution in [-0.4, -0.2) is 30.5 Å². The van der Waals surface area contributed by atoms with Gasteiger partial charge < -0.3 is 10.2 Å². The Bertz CT molecular complexity index is 751. The fourth-order valence-electron chi connectivity index (χ4n) is 2.31. The number of nitrogens with one attached hydrogen (secondary N) is 1. The van der Waals surface area contributed by atoms with Crippen LogP contribution in [0.25, 0.3) is 0 Å². The minimum Gasteiger partial charge on any atom is -0.382 e. The predicted octanol–water partition coefficient (Wildman–Crippen LogP) is 3.81.